The van der Waals surface area contributed by atoms with E-state index in [1.807, 2.05) is 30.3 Å². The minimum Gasteiger partial charge on any atom is -0.495 e. The molecule has 3 nitrogen and oxygen atoms in total. The third kappa shape index (κ3) is 2.91. The first-order valence-corrected chi connectivity index (χ1v) is 7.58. The van der Waals surface area contributed by atoms with Gasteiger partial charge in [0.1, 0.15) is 5.75 Å². The van der Waals surface area contributed by atoms with Gasteiger partial charge < -0.3 is 4.74 Å². The van der Waals surface area contributed by atoms with Crippen molar-refractivity contribution in [2.75, 3.05) is 7.11 Å². The van der Waals surface area contributed by atoms with E-state index in [4.69, 9.17) is 16.3 Å². The van der Waals surface area contributed by atoms with Gasteiger partial charge in [-0.1, -0.05) is 29.8 Å². The van der Waals surface area contributed by atoms with Gasteiger partial charge in [0.2, 0.25) is 0 Å². The average Bonchev–Trinajstić information content (AvgIpc) is 2.91. The lowest BCUT2D eigenvalue weighted by Gasteiger charge is -2.04. The van der Waals surface area contributed by atoms with Gasteiger partial charge in [-0.15, -0.1) is 11.3 Å². The molecule has 0 bridgehead atoms. The Kier molecular flexibility index (Phi) is 3.90. The van der Waals surface area contributed by atoms with Gasteiger partial charge in [0, 0.05) is 6.42 Å². The molecule has 5 heteroatoms. The van der Waals surface area contributed by atoms with Crippen LogP contribution in [0.3, 0.4) is 0 Å². The summed E-state index contributed by atoms with van der Waals surface area (Å²) in [5, 5.41) is 1.04. The van der Waals surface area contributed by atoms with Crippen molar-refractivity contribution in [3.05, 3.63) is 58.1 Å². The van der Waals surface area contributed by atoms with Gasteiger partial charge in [0.05, 0.1) is 22.3 Å². The molecule has 0 fully saturated rings. The van der Waals surface area contributed by atoms with Gasteiger partial charge in [0.25, 0.3) is 0 Å². The van der Waals surface area contributed by atoms with E-state index in [2.05, 4.69) is 4.98 Å². The van der Waals surface area contributed by atoms with Crippen molar-refractivity contribution >= 4 is 38.9 Å². The third-order valence-corrected chi connectivity index (χ3v) is 4.49. The molecule has 0 atom stereocenters. The van der Waals surface area contributed by atoms with E-state index in [1.165, 1.54) is 11.3 Å². The van der Waals surface area contributed by atoms with E-state index in [0.717, 1.165) is 15.8 Å². The first-order valence-electron chi connectivity index (χ1n) is 6.38. The van der Waals surface area contributed by atoms with Gasteiger partial charge in [-0.25, -0.2) is 4.98 Å². The lowest BCUT2D eigenvalue weighted by atomic mass is 10.1. The van der Waals surface area contributed by atoms with Gasteiger partial charge in [-0.3, -0.25) is 4.79 Å². The Balaban J connectivity index is 1.84. The molecule has 0 amide bonds. The summed E-state index contributed by atoms with van der Waals surface area (Å²) in [5.41, 5.74) is 1.71. The number of hydrogen-bond acceptors (Lipinski definition) is 4. The number of para-hydroxylation sites is 1. The summed E-state index contributed by atoms with van der Waals surface area (Å²) in [6.07, 6.45) is 0.281. The highest BCUT2D eigenvalue weighted by atomic mass is 35.5. The zero-order chi connectivity index (χ0) is 14.8. The van der Waals surface area contributed by atoms with Crippen molar-refractivity contribution in [3.63, 3.8) is 0 Å². The highest BCUT2D eigenvalue weighted by Crippen LogP contribution is 2.27. The fourth-order valence-electron chi connectivity index (χ4n) is 2.07. The number of halogens is 1. The first-order chi connectivity index (χ1) is 10.2. The Hall–Kier alpha value is -1.91. The van der Waals surface area contributed by atoms with Crippen LogP contribution >= 0.6 is 22.9 Å². The smallest absolute Gasteiger partial charge is 0.195 e. The zero-order valence-electron chi connectivity index (χ0n) is 11.3. The molecule has 1 heterocycles. The van der Waals surface area contributed by atoms with Crippen LogP contribution in [0.2, 0.25) is 5.02 Å². The number of hydrogen-bond donors (Lipinski definition) is 0. The van der Waals surface area contributed by atoms with Crippen molar-refractivity contribution in [1.29, 1.82) is 0 Å². The molecule has 0 aliphatic rings. The van der Waals surface area contributed by atoms with Crippen LogP contribution in [0.4, 0.5) is 0 Å². The molecule has 0 spiro atoms. The molecule has 1 aromatic heterocycles. The van der Waals surface area contributed by atoms with Crippen molar-refractivity contribution in [1.82, 2.24) is 4.98 Å². The Bertz CT molecular complexity index is 780. The highest BCUT2D eigenvalue weighted by molar-refractivity contribution is 7.20. The number of thiazole rings is 1. The predicted molar refractivity (Wildman–Crippen MR) is 85.7 cm³/mol. The number of benzene rings is 2. The molecule has 0 unspecified atom stereocenters. The molecule has 2 aromatic carbocycles. The van der Waals surface area contributed by atoms with Gasteiger partial charge >= 0.3 is 0 Å². The van der Waals surface area contributed by atoms with Crippen LogP contribution in [-0.2, 0) is 6.42 Å². The second-order valence-corrected chi connectivity index (χ2v) is 5.99. The molecule has 3 rings (SSSR count). The van der Waals surface area contributed by atoms with Gasteiger partial charge in [-0.2, -0.15) is 0 Å². The van der Waals surface area contributed by atoms with Crippen LogP contribution in [0, 0.1) is 0 Å². The number of ketones is 1. The summed E-state index contributed by atoms with van der Waals surface area (Å²) >= 11 is 7.49. The van der Waals surface area contributed by atoms with Crippen LogP contribution in [0.25, 0.3) is 10.2 Å². The molecule has 0 saturated heterocycles. The monoisotopic (exact) mass is 317 g/mol. The van der Waals surface area contributed by atoms with E-state index in [9.17, 15) is 4.79 Å². The van der Waals surface area contributed by atoms with Crippen molar-refractivity contribution in [2.24, 2.45) is 0 Å². The first kappa shape index (κ1) is 14.0. The number of aromatic nitrogens is 1. The second-order valence-electron chi connectivity index (χ2n) is 4.56. The molecule has 0 N–H and O–H groups in total. The summed E-state index contributed by atoms with van der Waals surface area (Å²) in [6.45, 7) is 0. The number of rotatable bonds is 4. The standard InChI is InChI=1S/C16H12ClNO2S/c1-20-14-7-6-10(8-11(14)17)9-13(19)16-18-12-4-2-3-5-15(12)21-16/h2-8H,9H2,1H3. The number of carbonyl (C=O) groups is 1. The lowest BCUT2D eigenvalue weighted by Crippen LogP contribution is -2.03. The summed E-state index contributed by atoms with van der Waals surface area (Å²) in [4.78, 5) is 16.7. The predicted octanol–water partition coefficient (Wildman–Crippen LogP) is 4.38. The van der Waals surface area contributed by atoms with E-state index < -0.39 is 0 Å². The molecule has 0 saturated carbocycles. The maximum atomic E-state index is 12.3. The quantitative estimate of drug-likeness (QED) is 0.670. The van der Waals surface area contributed by atoms with Crippen molar-refractivity contribution in [2.45, 2.75) is 6.42 Å². The average molecular weight is 318 g/mol. The summed E-state index contributed by atoms with van der Waals surface area (Å²) < 4.78 is 6.12. The van der Waals surface area contributed by atoms with Gasteiger partial charge in [-0.05, 0) is 29.8 Å². The normalized spacial score (nSPS) is 10.8. The molecule has 106 valence electrons. The van der Waals surface area contributed by atoms with Crippen LogP contribution in [-0.4, -0.2) is 17.9 Å². The van der Waals surface area contributed by atoms with E-state index in [0.29, 0.717) is 15.8 Å². The minimum atomic E-state index is -0.00238. The third-order valence-electron chi connectivity index (χ3n) is 3.11. The number of carbonyl (C=O) groups excluding carboxylic acids is 1. The highest BCUT2D eigenvalue weighted by Gasteiger charge is 2.13. The van der Waals surface area contributed by atoms with Crippen LogP contribution < -0.4 is 4.74 Å². The summed E-state index contributed by atoms with van der Waals surface area (Å²) in [7, 11) is 1.56. The summed E-state index contributed by atoms with van der Waals surface area (Å²) in [6, 6.07) is 13.1. The second kappa shape index (κ2) is 5.84. The van der Waals surface area contributed by atoms with Gasteiger partial charge in [0.15, 0.2) is 10.8 Å². The Morgan fingerprint density at radius 1 is 1.29 bits per heavy atom. The molecule has 3 aromatic rings. The van der Waals surface area contributed by atoms with E-state index in [1.54, 1.807) is 19.2 Å². The summed E-state index contributed by atoms with van der Waals surface area (Å²) in [5.74, 6) is 0.602. The maximum Gasteiger partial charge on any atom is 0.195 e. The number of methoxy groups -OCH3 is 1. The Labute approximate surface area is 131 Å². The van der Waals surface area contributed by atoms with Crippen molar-refractivity contribution in [3.8, 4) is 5.75 Å². The van der Waals surface area contributed by atoms with Crippen LogP contribution in [0.1, 0.15) is 15.4 Å². The molecule has 0 radical (unpaired) electrons. The lowest BCUT2D eigenvalue weighted by molar-refractivity contribution is 0.0993. The number of fused-ring (bicyclic) bond motifs is 1. The molecule has 21 heavy (non-hydrogen) atoms. The van der Waals surface area contributed by atoms with Crippen molar-refractivity contribution < 1.29 is 9.53 Å². The minimum absolute atomic E-state index is 0.00238. The Morgan fingerprint density at radius 2 is 2.10 bits per heavy atom. The largest absolute Gasteiger partial charge is 0.495 e. The fourth-order valence-corrected chi connectivity index (χ4v) is 3.26. The molecule has 0 aliphatic carbocycles. The topological polar surface area (TPSA) is 39.2 Å². The Morgan fingerprint density at radius 3 is 2.81 bits per heavy atom. The number of nitrogens with zero attached hydrogens (tertiary/aromatic N) is 1. The number of ether oxygens (including phenoxy) is 1. The molecular weight excluding hydrogens is 306 g/mol. The zero-order valence-corrected chi connectivity index (χ0v) is 12.9. The number of Topliss-reactive ketones (excluding diaryl/α,β-unsaturated/α-hetero) is 1. The van der Waals surface area contributed by atoms with Crippen LogP contribution in [0.15, 0.2) is 42.5 Å². The van der Waals surface area contributed by atoms with E-state index in [-0.39, 0.29) is 12.2 Å². The molecular formula is C16H12ClNO2S. The van der Waals surface area contributed by atoms with E-state index >= 15 is 0 Å². The molecule has 0 aliphatic heterocycles. The SMILES string of the molecule is COc1ccc(CC(=O)c2nc3ccccc3s2)cc1Cl. The fraction of sp³-hybridized carbons (Fsp3) is 0.125. The maximum absolute atomic E-state index is 12.3. The van der Waals surface area contributed by atoms with Crippen LogP contribution in [0.5, 0.6) is 5.75 Å².